The molecule has 4 rings (SSSR count). The number of phenols is 2. The number of aromatic hydroxyl groups is 2. The quantitative estimate of drug-likeness (QED) is 0.0836. The number of hydrogen-bond donors (Lipinski definition) is 6. The van der Waals surface area contributed by atoms with E-state index in [4.69, 9.17) is 10.2 Å². The third kappa shape index (κ3) is 8.04. The van der Waals surface area contributed by atoms with Gasteiger partial charge in [-0.05, 0) is 72.8 Å². The van der Waals surface area contributed by atoms with Crippen LogP contribution in [-0.4, -0.2) is 58.3 Å². The highest BCUT2D eigenvalue weighted by Crippen LogP contribution is 2.40. The van der Waals surface area contributed by atoms with Crippen LogP contribution >= 0.6 is 11.8 Å². The van der Waals surface area contributed by atoms with Crippen LogP contribution in [0.25, 0.3) is 0 Å². The van der Waals surface area contributed by atoms with Gasteiger partial charge >= 0.3 is 11.9 Å². The molecule has 0 fully saturated rings. The molecule has 16 nitrogen and oxygen atoms in total. The number of azo groups is 2. The minimum atomic E-state index is -4.93. The maximum Gasteiger partial charge on any atom is 0.339 e. The first-order valence-corrected chi connectivity index (χ1v) is 15.6. The van der Waals surface area contributed by atoms with Gasteiger partial charge in [0.15, 0.2) is 0 Å². The Morgan fingerprint density at radius 2 is 0.844 bits per heavy atom. The molecule has 0 amide bonds. The molecule has 0 bridgehead atoms. The van der Waals surface area contributed by atoms with Crippen molar-refractivity contribution < 1.29 is 56.0 Å². The molecule has 19 heteroatoms. The molecule has 6 N–H and O–H groups in total. The van der Waals surface area contributed by atoms with Crippen LogP contribution < -0.4 is 0 Å². The van der Waals surface area contributed by atoms with E-state index in [1.54, 1.807) is 0 Å². The summed E-state index contributed by atoms with van der Waals surface area (Å²) in [5.41, 5.74) is -1.12. The molecule has 0 radical (unpaired) electrons. The lowest BCUT2D eigenvalue weighted by molar-refractivity contribution is 0.0682. The number of nitrogens with zero attached hydrogens (tertiary/aromatic N) is 4. The number of carboxylic acids is 2. The van der Waals surface area contributed by atoms with Crippen molar-refractivity contribution >= 4 is 66.7 Å². The van der Waals surface area contributed by atoms with Gasteiger partial charge in [-0.2, -0.15) is 37.3 Å². The molecule has 0 heterocycles. The van der Waals surface area contributed by atoms with Crippen molar-refractivity contribution in [3.63, 3.8) is 0 Å². The van der Waals surface area contributed by atoms with Crippen LogP contribution in [0, 0.1) is 0 Å². The number of benzene rings is 4. The Bertz CT molecular complexity index is 1980. The minimum Gasteiger partial charge on any atom is -0.507 e. The van der Waals surface area contributed by atoms with E-state index >= 15 is 0 Å². The molecule has 4 aromatic rings. The average molecular weight is 675 g/mol. The standard InChI is InChI=1S/C26H18N4O12S3/c31-19-5-1-13(9-17(19)25(33)34)27-29-15-3-7-21(23(11-15)44(37,38)39)43-22-8-4-16(12-24(22)45(40,41)42)30-28-14-2-6-20(32)18(10-14)26(35)36/h1-12,31-32H,(H,33,34)(H,35,36)(H,37,38,39)(H,40,41,42). The Hall–Kier alpha value is -5.21. The van der Waals surface area contributed by atoms with Gasteiger partial charge in [-0.1, -0.05) is 11.8 Å². The smallest absolute Gasteiger partial charge is 0.339 e. The molecule has 0 saturated heterocycles. The van der Waals surface area contributed by atoms with Crippen molar-refractivity contribution in [2.45, 2.75) is 19.6 Å². The zero-order chi connectivity index (χ0) is 33.1. The zero-order valence-corrected chi connectivity index (χ0v) is 24.5. The molecular weight excluding hydrogens is 657 g/mol. The summed E-state index contributed by atoms with van der Waals surface area (Å²) in [5.74, 6) is -3.87. The third-order valence-corrected chi connectivity index (χ3v) is 8.81. The normalized spacial score (nSPS) is 12.1. The van der Waals surface area contributed by atoms with Gasteiger partial charge in [0.1, 0.15) is 32.4 Å². The Balaban J connectivity index is 1.68. The second-order valence-corrected chi connectivity index (χ2v) is 12.6. The Morgan fingerprint density at radius 3 is 1.16 bits per heavy atom. The Labute approximate surface area is 257 Å². The van der Waals surface area contributed by atoms with Crippen molar-refractivity contribution in [3.8, 4) is 11.5 Å². The zero-order valence-electron chi connectivity index (χ0n) is 22.1. The molecule has 0 saturated carbocycles. The molecule has 4 aromatic carbocycles. The van der Waals surface area contributed by atoms with E-state index in [0.717, 1.165) is 36.4 Å². The van der Waals surface area contributed by atoms with Gasteiger partial charge in [0, 0.05) is 9.79 Å². The van der Waals surface area contributed by atoms with E-state index < -0.39 is 64.6 Å². The molecule has 0 aliphatic heterocycles. The fourth-order valence-electron chi connectivity index (χ4n) is 3.55. The average Bonchev–Trinajstić information content (AvgIpc) is 2.96. The fourth-order valence-corrected chi connectivity index (χ4v) is 6.45. The first kappa shape index (κ1) is 32.7. The highest BCUT2D eigenvalue weighted by molar-refractivity contribution is 8.00. The molecule has 45 heavy (non-hydrogen) atoms. The summed E-state index contributed by atoms with van der Waals surface area (Å²) in [6, 6.07) is 13.4. The topological polar surface area (TPSA) is 273 Å². The SMILES string of the molecule is O=C(O)c1cc(N=Nc2ccc(Sc3ccc(N=Nc4ccc(O)c(C(=O)O)c4)cc3S(=O)(=O)O)c(S(=O)(=O)O)c2)ccc1O. The van der Waals surface area contributed by atoms with Crippen LogP contribution in [0.1, 0.15) is 20.7 Å². The fraction of sp³-hybridized carbons (Fsp3) is 0. The van der Waals surface area contributed by atoms with E-state index in [2.05, 4.69) is 20.5 Å². The van der Waals surface area contributed by atoms with E-state index in [1.807, 2.05) is 0 Å². The van der Waals surface area contributed by atoms with Crippen molar-refractivity contribution in [1.29, 1.82) is 0 Å². The third-order valence-electron chi connectivity index (χ3n) is 5.61. The Morgan fingerprint density at radius 1 is 0.533 bits per heavy atom. The number of carboxylic acid groups (broad SMARTS) is 2. The van der Waals surface area contributed by atoms with Crippen LogP contribution in [0.4, 0.5) is 22.7 Å². The first-order chi connectivity index (χ1) is 21.0. The molecular formula is C26H18N4O12S3. The minimum absolute atomic E-state index is 0.000160. The van der Waals surface area contributed by atoms with Gasteiger partial charge in [0.25, 0.3) is 20.2 Å². The summed E-state index contributed by atoms with van der Waals surface area (Å²) >= 11 is 0.545. The van der Waals surface area contributed by atoms with Gasteiger partial charge in [0.05, 0.1) is 22.7 Å². The predicted molar refractivity (Wildman–Crippen MR) is 155 cm³/mol. The van der Waals surface area contributed by atoms with Crippen LogP contribution in [0.2, 0.25) is 0 Å². The molecule has 0 aromatic heterocycles. The summed E-state index contributed by atoms with van der Waals surface area (Å²) in [4.78, 5) is 20.7. The second kappa shape index (κ2) is 12.8. The van der Waals surface area contributed by atoms with Crippen molar-refractivity contribution in [3.05, 3.63) is 83.9 Å². The number of aromatic carboxylic acids is 2. The van der Waals surface area contributed by atoms with Crippen LogP contribution in [0.3, 0.4) is 0 Å². The summed E-state index contributed by atoms with van der Waals surface area (Å²) in [5, 5.41) is 52.8. The first-order valence-electron chi connectivity index (χ1n) is 11.9. The second-order valence-electron chi connectivity index (χ2n) is 8.73. The lowest BCUT2D eigenvalue weighted by Gasteiger charge is -2.11. The number of carbonyl (C=O) groups is 2. The molecule has 0 aliphatic carbocycles. The van der Waals surface area contributed by atoms with Crippen LogP contribution in [0.5, 0.6) is 11.5 Å². The van der Waals surface area contributed by atoms with Crippen LogP contribution in [0.15, 0.2) is 113 Å². The molecule has 0 atom stereocenters. The van der Waals surface area contributed by atoms with E-state index in [-0.39, 0.29) is 32.5 Å². The molecule has 0 unspecified atom stereocenters. The summed E-state index contributed by atoms with van der Waals surface area (Å²) in [6.45, 7) is 0. The largest absolute Gasteiger partial charge is 0.507 e. The molecule has 0 aliphatic rings. The number of hydrogen-bond acceptors (Lipinski definition) is 13. The summed E-state index contributed by atoms with van der Waals surface area (Å²) < 4.78 is 68.5. The predicted octanol–water partition coefficient (Wildman–Crippen LogP) is 5.97. The summed E-state index contributed by atoms with van der Waals surface area (Å²) in [6.07, 6.45) is 0. The lowest BCUT2D eigenvalue weighted by Crippen LogP contribution is -2.02. The number of rotatable bonds is 10. The maximum absolute atomic E-state index is 12.2. The van der Waals surface area contributed by atoms with Crippen molar-refractivity contribution in [2.75, 3.05) is 0 Å². The van der Waals surface area contributed by atoms with Crippen LogP contribution in [-0.2, 0) is 20.2 Å². The van der Waals surface area contributed by atoms with E-state index in [9.17, 15) is 45.7 Å². The lowest BCUT2D eigenvalue weighted by atomic mass is 10.2. The summed E-state index contributed by atoms with van der Waals surface area (Å²) in [7, 11) is -9.86. The molecule has 232 valence electrons. The van der Waals surface area contributed by atoms with Crippen molar-refractivity contribution in [1.82, 2.24) is 0 Å². The highest BCUT2D eigenvalue weighted by Gasteiger charge is 2.22. The van der Waals surface area contributed by atoms with Gasteiger partial charge in [0.2, 0.25) is 0 Å². The monoisotopic (exact) mass is 674 g/mol. The van der Waals surface area contributed by atoms with Gasteiger partial charge in [-0.25, -0.2) is 9.59 Å². The van der Waals surface area contributed by atoms with Gasteiger partial charge in [-0.15, -0.1) is 0 Å². The van der Waals surface area contributed by atoms with Gasteiger partial charge in [-0.3, -0.25) is 9.11 Å². The van der Waals surface area contributed by atoms with E-state index in [1.165, 1.54) is 36.4 Å². The highest BCUT2D eigenvalue weighted by atomic mass is 32.2. The van der Waals surface area contributed by atoms with Crippen molar-refractivity contribution in [2.24, 2.45) is 20.5 Å². The Kier molecular flexibility index (Phi) is 9.30. The van der Waals surface area contributed by atoms with E-state index in [0.29, 0.717) is 11.8 Å². The molecule has 0 spiro atoms. The van der Waals surface area contributed by atoms with Gasteiger partial charge < -0.3 is 20.4 Å². The maximum atomic E-state index is 12.2.